The summed E-state index contributed by atoms with van der Waals surface area (Å²) in [6, 6.07) is 12.2. The molecule has 0 saturated carbocycles. The zero-order chi connectivity index (χ0) is 14.8. The largest absolute Gasteiger partial charge is 0.399 e. The molecule has 2 aromatic rings. The molecule has 5 nitrogen and oxygen atoms in total. The number of carbonyl (C=O) groups is 2. The van der Waals surface area contributed by atoms with Gasteiger partial charge in [-0.25, -0.2) is 0 Å². The van der Waals surface area contributed by atoms with E-state index in [1.807, 2.05) is 12.1 Å². The maximum Gasteiger partial charge on any atom is 0.255 e. The minimum absolute atomic E-state index is 0.0289. The van der Waals surface area contributed by atoms with Crippen LogP contribution in [0.5, 0.6) is 0 Å². The van der Waals surface area contributed by atoms with Crippen molar-refractivity contribution in [3.63, 3.8) is 0 Å². The third-order valence-corrected chi connectivity index (χ3v) is 3.43. The Morgan fingerprint density at radius 3 is 2.62 bits per heavy atom. The lowest BCUT2D eigenvalue weighted by atomic mass is 10.0. The van der Waals surface area contributed by atoms with Crippen LogP contribution in [-0.4, -0.2) is 11.8 Å². The molecule has 2 aromatic carbocycles. The van der Waals surface area contributed by atoms with E-state index in [9.17, 15) is 9.59 Å². The van der Waals surface area contributed by atoms with Gasteiger partial charge >= 0.3 is 0 Å². The standard InChI is InChI=1S/C16H15N3O2/c17-12-4-1-10(2-5-12)16(21)18-13-6-7-14-11(9-13)3-8-15(20)19-14/h1-2,4-7,9H,3,8,17H2,(H,18,21)(H,19,20). The topological polar surface area (TPSA) is 84.2 Å². The van der Waals surface area contributed by atoms with Crippen LogP contribution in [-0.2, 0) is 11.2 Å². The van der Waals surface area contributed by atoms with E-state index in [4.69, 9.17) is 5.73 Å². The summed E-state index contributed by atoms with van der Waals surface area (Å²) in [4.78, 5) is 23.4. The number of amides is 2. The van der Waals surface area contributed by atoms with Crippen LogP contribution in [0.1, 0.15) is 22.3 Å². The van der Waals surface area contributed by atoms with Crippen LogP contribution in [0, 0.1) is 0 Å². The minimum Gasteiger partial charge on any atom is -0.399 e. The SMILES string of the molecule is Nc1ccc(C(=O)Nc2ccc3c(c2)CCC(=O)N3)cc1. The highest BCUT2D eigenvalue weighted by Crippen LogP contribution is 2.25. The van der Waals surface area contributed by atoms with Crippen molar-refractivity contribution >= 4 is 28.9 Å². The molecule has 1 aliphatic rings. The molecule has 0 radical (unpaired) electrons. The molecule has 0 fully saturated rings. The van der Waals surface area contributed by atoms with E-state index >= 15 is 0 Å². The fourth-order valence-corrected chi connectivity index (χ4v) is 2.30. The summed E-state index contributed by atoms with van der Waals surface area (Å²) in [6.45, 7) is 0. The molecule has 0 aliphatic carbocycles. The lowest BCUT2D eigenvalue weighted by Gasteiger charge is -2.17. The number of carbonyl (C=O) groups excluding carboxylic acids is 2. The first-order valence-corrected chi connectivity index (χ1v) is 6.71. The molecule has 21 heavy (non-hydrogen) atoms. The van der Waals surface area contributed by atoms with E-state index in [0.29, 0.717) is 29.8 Å². The minimum atomic E-state index is -0.185. The van der Waals surface area contributed by atoms with E-state index in [1.165, 1.54) is 0 Å². The number of nitrogens with two attached hydrogens (primary N) is 1. The van der Waals surface area contributed by atoms with Crippen molar-refractivity contribution in [2.24, 2.45) is 0 Å². The predicted molar refractivity (Wildman–Crippen MR) is 82.2 cm³/mol. The van der Waals surface area contributed by atoms with Crippen LogP contribution in [0.2, 0.25) is 0 Å². The normalized spacial score (nSPS) is 13.2. The first-order chi connectivity index (χ1) is 10.1. The summed E-state index contributed by atoms with van der Waals surface area (Å²) in [5, 5.41) is 5.66. The quantitative estimate of drug-likeness (QED) is 0.739. The zero-order valence-electron chi connectivity index (χ0n) is 11.3. The van der Waals surface area contributed by atoms with E-state index in [2.05, 4.69) is 10.6 Å². The molecule has 3 rings (SSSR count). The van der Waals surface area contributed by atoms with Gasteiger partial charge in [-0.05, 0) is 54.4 Å². The Labute approximate surface area is 122 Å². The summed E-state index contributed by atoms with van der Waals surface area (Å²) in [5.41, 5.74) is 9.34. The van der Waals surface area contributed by atoms with Crippen LogP contribution < -0.4 is 16.4 Å². The summed E-state index contributed by atoms with van der Waals surface area (Å²) in [5.74, 6) is -0.157. The van der Waals surface area contributed by atoms with Crippen LogP contribution in [0.15, 0.2) is 42.5 Å². The monoisotopic (exact) mass is 281 g/mol. The molecule has 0 saturated heterocycles. The molecule has 0 unspecified atom stereocenters. The van der Waals surface area contributed by atoms with Crippen LogP contribution in [0.25, 0.3) is 0 Å². The lowest BCUT2D eigenvalue weighted by Crippen LogP contribution is -2.19. The molecule has 4 N–H and O–H groups in total. The number of fused-ring (bicyclic) bond motifs is 1. The molecular formula is C16H15N3O2. The second-order valence-electron chi connectivity index (χ2n) is 5.00. The number of hydrogen-bond acceptors (Lipinski definition) is 3. The van der Waals surface area contributed by atoms with Gasteiger partial charge in [-0.15, -0.1) is 0 Å². The number of aryl methyl sites for hydroxylation is 1. The number of nitrogen functional groups attached to an aromatic ring is 1. The molecule has 0 atom stereocenters. The van der Waals surface area contributed by atoms with Crippen molar-refractivity contribution < 1.29 is 9.59 Å². The Morgan fingerprint density at radius 2 is 1.86 bits per heavy atom. The Balaban J connectivity index is 1.77. The van der Waals surface area contributed by atoms with Gasteiger partial charge in [0.05, 0.1) is 0 Å². The highest BCUT2D eigenvalue weighted by Gasteiger charge is 2.15. The number of rotatable bonds is 2. The van der Waals surface area contributed by atoms with Crippen molar-refractivity contribution in [1.29, 1.82) is 0 Å². The smallest absolute Gasteiger partial charge is 0.255 e. The Bertz CT molecular complexity index is 708. The van der Waals surface area contributed by atoms with Gasteiger partial charge in [-0.1, -0.05) is 0 Å². The Morgan fingerprint density at radius 1 is 1.10 bits per heavy atom. The second kappa shape index (κ2) is 5.28. The molecule has 0 bridgehead atoms. The van der Waals surface area contributed by atoms with E-state index < -0.39 is 0 Å². The average Bonchev–Trinajstić information content (AvgIpc) is 2.48. The van der Waals surface area contributed by atoms with Gasteiger partial charge in [-0.3, -0.25) is 9.59 Å². The van der Waals surface area contributed by atoms with Gasteiger partial charge < -0.3 is 16.4 Å². The fraction of sp³-hybridized carbons (Fsp3) is 0.125. The van der Waals surface area contributed by atoms with Gasteiger partial charge in [0.1, 0.15) is 0 Å². The average molecular weight is 281 g/mol. The molecule has 2 amide bonds. The Hall–Kier alpha value is -2.82. The predicted octanol–water partition coefficient (Wildman–Crippen LogP) is 2.41. The highest BCUT2D eigenvalue weighted by atomic mass is 16.2. The van der Waals surface area contributed by atoms with Gasteiger partial charge in [0.25, 0.3) is 5.91 Å². The third kappa shape index (κ3) is 2.86. The number of nitrogens with one attached hydrogen (secondary N) is 2. The second-order valence-corrected chi connectivity index (χ2v) is 5.00. The molecule has 5 heteroatoms. The zero-order valence-corrected chi connectivity index (χ0v) is 11.3. The third-order valence-electron chi connectivity index (χ3n) is 3.43. The molecular weight excluding hydrogens is 266 g/mol. The first-order valence-electron chi connectivity index (χ1n) is 6.71. The van der Waals surface area contributed by atoms with Crippen LogP contribution >= 0.6 is 0 Å². The Kier molecular flexibility index (Phi) is 3.31. The van der Waals surface area contributed by atoms with Crippen molar-refractivity contribution in [3.8, 4) is 0 Å². The summed E-state index contributed by atoms with van der Waals surface area (Å²) in [6.07, 6.45) is 1.16. The summed E-state index contributed by atoms with van der Waals surface area (Å²) in [7, 11) is 0. The van der Waals surface area contributed by atoms with Gasteiger partial charge in [0, 0.05) is 29.0 Å². The number of hydrogen-bond donors (Lipinski definition) is 3. The maximum atomic E-state index is 12.1. The van der Waals surface area contributed by atoms with E-state index in [1.54, 1.807) is 30.3 Å². The van der Waals surface area contributed by atoms with Crippen molar-refractivity contribution in [1.82, 2.24) is 0 Å². The summed E-state index contributed by atoms with van der Waals surface area (Å²) < 4.78 is 0. The van der Waals surface area contributed by atoms with Crippen molar-refractivity contribution in [3.05, 3.63) is 53.6 Å². The van der Waals surface area contributed by atoms with E-state index in [0.717, 1.165) is 11.3 Å². The van der Waals surface area contributed by atoms with Gasteiger partial charge in [-0.2, -0.15) is 0 Å². The molecule has 0 aromatic heterocycles. The highest BCUT2D eigenvalue weighted by molar-refractivity contribution is 6.04. The van der Waals surface area contributed by atoms with Crippen LogP contribution in [0.3, 0.4) is 0 Å². The number of benzene rings is 2. The lowest BCUT2D eigenvalue weighted by molar-refractivity contribution is -0.116. The molecule has 1 aliphatic heterocycles. The molecule has 106 valence electrons. The summed E-state index contributed by atoms with van der Waals surface area (Å²) >= 11 is 0. The van der Waals surface area contributed by atoms with Gasteiger partial charge in [0.2, 0.25) is 5.91 Å². The van der Waals surface area contributed by atoms with Crippen LogP contribution in [0.4, 0.5) is 17.1 Å². The number of anilines is 3. The fourth-order valence-electron chi connectivity index (χ4n) is 2.30. The molecule has 0 spiro atoms. The molecule has 1 heterocycles. The van der Waals surface area contributed by atoms with Crippen molar-refractivity contribution in [2.45, 2.75) is 12.8 Å². The van der Waals surface area contributed by atoms with Gasteiger partial charge in [0.15, 0.2) is 0 Å². The maximum absolute atomic E-state index is 12.1. The van der Waals surface area contributed by atoms with Crippen molar-refractivity contribution in [2.75, 3.05) is 16.4 Å². The van der Waals surface area contributed by atoms with E-state index in [-0.39, 0.29) is 11.8 Å². The first kappa shape index (κ1) is 13.2.